The van der Waals surface area contributed by atoms with Crippen LogP contribution in [0.25, 0.3) is 10.8 Å². The Morgan fingerprint density at radius 3 is 2.95 bits per heavy atom. The molecule has 2 rings (SSSR count). The highest BCUT2D eigenvalue weighted by molar-refractivity contribution is 5.81. The molecule has 1 unspecified atom stereocenters. The maximum absolute atomic E-state index is 10.9. The fourth-order valence-corrected chi connectivity index (χ4v) is 2.04. The highest BCUT2D eigenvalue weighted by Gasteiger charge is 2.13. The molecule has 4 heteroatoms. The number of carboxylic acid groups (broad SMARTS) is 1. The van der Waals surface area contributed by atoms with Gasteiger partial charge >= 0.3 is 5.97 Å². The zero-order chi connectivity index (χ0) is 13.7. The van der Waals surface area contributed by atoms with Gasteiger partial charge in [-0.15, -0.1) is 0 Å². The van der Waals surface area contributed by atoms with Gasteiger partial charge in [0, 0.05) is 30.9 Å². The third kappa shape index (κ3) is 3.51. The molecule has 1 heterocycles. The fraction of sp³-hybridized carbons (Fsp3) is 0.333. The number of rotatable bonds is 6. The van der Waals surface area contributed by atoms with E-state index in [0.717, 1.165) is 16.3 Å². The van der Waals surface area contributed by atoms with Gasteiger partial charge in [0.05, 0.1) is 5.92 Å². The first-order chi connectivity index (χ1) is 9.20. The molecule has 0 radical (unpaired) electrons. The monoisotopic (exact) mass is 258 g/mol. The topological polar surface area (TPSA) is 62.2 Å². The maximum atomic E-state index is 10.9. The molecule has 2 N–H and O–H groups in total. The molecule has 0 saturated carbocycles. The van der Waals surface area contributed by atoms with Crippen molar-refractivity contribution in [3.63, 3.8) is 0 Å². The highest BCUT2D eigenvalue weighted by Crippen LogP contribution is 2.14. The van der Waals surface area contributed by atoms with Gasteiger partial charge in [0.15, 0.2) is 0 Å². The number of aromatic nitrogens is 1. The van der Waals surface area contributed by atoms with Crippen LogP contribution >= 0.6 is 0 Å². The highest BCUT2D eigenvalue weighted by atomic mass is 16.4. The van der Waals surface area contributed by atoms with Gasteiger partial charge in [0.25, 0.3) is 0 Å². The lowest BCUT2D eigenvalue weighted by molar-refractivity contribution is -0.141. The van der Waals surface area contributed by atoms with Crippen molar-refractivity contribution in [2.75, 3.05) is 6.54 Å². The predicted octanol–water partition coefficient (Wildman–Crippen LogP) is 2.44. The van der Waals surface area contributed by atoms with Crippen LogP contribution in [-0.4, -0.2) is 22.6 Å². The zero-order valence-corrected chi connectivity index (χ0v) is 11.0. The molecular formula is C15H18N2O2. The molecule has 0 fully saturated rings. The Bertz CT molecular complexity index is 569. The van der Waals surface area contributed by atoms with Crippen molar-refractivity contribution in [1.82, 2.24) is 10.3 Å². The largest absolute Gasteiger partial charge is 0.481 e. The fourth-order valence-electron chi connectivity index (χ4n) is 2.04. The predicted molar refractivity (Wildman–Crippen MR) is 74.9 cm³/mol. The molecule has 2 aromatic rings. The van der Waals surface area contributed by atoms with Crippen LogP contribution in [-0.2, 0) is 11.3 Å². The third-order valence-electron chi connectivity index (χ3n) is 3.27. The van der Waals surface area contributed by atoms with E-state index in [1.54, 1.807) is 6.20 Å². The van der Waals surface area contributed by atoms with Crippen LogP contribution in [0.2, 0.25) is 0 Å². The molecule has 0 aliphatic rings. The number of carbonyl (C=O) groups is 1. The number of nitrogens with zero attached hydrogens (tertiary/aromatic N) is 1. The van der Waals surface area contributed by atoms with Crippen molar-refractivity contribution in [1.29, 1.82) is 0 Å². The molecule has 1 aromatic carbocycles. The average Bonchev–Trinajstić information content (AvgIpc) is 2.43. The average molecular weight is 258 g/mol. The van der Waals surface area contributed by atoms with Crippen molar-refractivity contribution in [3.05, 3.63) is 42.2 Å². The van der Waals surface area contributed by atoms with E-state index in [9.17, 15) is 4.79 Å². The van der Waals surface area contributed by atoms with Gasteiger partial charge in [-0.2, -0.15) is 0 Å². The van der Waals surface area contributed by atoms with Crippen LogP contribution in [0.5, 0.6) is 0 Å². The second-order valence-electron chi connectivity index (χ2n) is 4.63. The SMILES string of the molecule is CCC(CNCc1ccc2ccncc2c1)C(=O)O. The van der Waals surface area contributed by atoms with Crippen LogP contribution in [0.3, 0.4) is 0 Å². The van der Waals surface area contributed by atoms with E-state index in [2.05, 4.69) is 28.5 Å². The molecule has 0 amide bonds. The number of aliphatic carboxylic acids is 1. The van der Waals surface area contributed by atoms with Gasteiger partial charge in [-0.25, -0.2) is 0 Å². The zero-order valence-electron chi connectivity index (χ0n) is 11.0. The molecule has 4 nitrogen and oxygen atoms in total. The van der Waals surface area contributed by atoms with Crippen molar-refractivity contribution in [3.8, 4) is 0 Å². The summed E-state index contributed by atoms with van der Waals surface area (Å²) < 4.78 is 0. The molecule has 1 aromatic heterocycles. The van der Waals surface area contributed by atoms with Crippen molar-refractivity contribution < 1.29 is 9.90 Å². The van der Waals surface area contributed by atoms with E-state index in [-0.39, 0.29) is 5.92 Å². The minimum atomic E-state index is -0.738. The molecule has 0 saturated heterocycles. The first-order valence-electron chi connectivity index (χ1n) is 6.47. The lowest BCUT2D eigenvalue weighted by Crippen LogP contribution is -2.27. The Kier molecular flexibility index (Phi) is 4.47. The molecule has 100 valence electrons. The number of hydrogen-bond acceptors (Lipinski definition) is 3. The number of hydrogen-bond donors (Lipinski definition) is 2. The minimum Gasteiger partial charge on any atom is -0.481 e. The van der Waals surface area contributed by atoms with Gasteiger partial charge in [0.2, 0.25) is 0 Å². The van der Waals surface area contributed by atoms with E-state index in [1.807, 2.05) is 19.2 Å². The van der Waals surface area contributed by atoms with Crippen molar-refractivity contribution in [2.24, 2.45) is 5.92 Å². The summed E-state index contributed by atoms with van der Waals surface area (Å²) in [4.78, 5) is 15.0. The van der Waals surface area contributed by atoms with Gasteiger partial charge in [0.1, 0.15) is 0 Å². The first kappa shape index (κ1) is 13.5. The van der Waals surface area contributed by atoms with E-state index >= 15 is 0 Å². The Morgan fingerprint density at radius 1 is 1.37 bits per heavy atom. The van der Waals surface area contributed by atoms with E-state index in [0.29, 0.717) is 19.5 Å². The van der Waals surface area contributed by atoms with Gasteiger partial charge in [-0.1, -0.05) is 19.1 Å². The van der Waals surface area contributed by atoms with Crippen LogP contribution in [0, 0.1) is 5.92 Å². The summed E-state index contributed by atoms with van der Waals surface area (Å²) in [5.74, 6) is -1.06. The van der Waals surface area contributed by atoms with E-state index in [1.165, 1.54) is 0 Å². The molecule has 0 aliphatic carbocycles. The lowest BCUT2D eigenvalue weighted by Gasteiger charge is -2.11. The summed E-state index contributed by atoms with van der Waals surface area (Å²) in [6.45, 7) is 3.06. The van der Waals surface area contributed by atoms with Gasteiger partial charge in [-0.05, 0) is 29.5 Å². The summed E-state index contributed by atoms with van der Waals surface area (Å²) >= 11 is 0. The molecule has 0 aliphatic heterocycles. The third-order valence-corrected chi connectivity index (χ3v) is 3.27. The number of carboxylic acids is 1. The van der Waals surface area contributed by atoms with Crippen LogP contribution in [0.15, 0.2) is 36.7 Å². The van der Waals surface area contributed by atoms with Crippen LogP contribution in [0.1, 0.15) is 18.9 Å². The van der Waals surface area contributed by atoms with Crippen LogP contribution in [0.4, 0.5) is 0 Å². The molecular weight excluding hydrogens is 240 g/mol. The number of pyridine rings is 1. The van der Waals surface area contributed by atoms with Crippen molar-refractivity contribution >= 4 is 16.7 Å². The smallest absolute Gasteiger partial charge is 0.307 e. The Balaban J connectivity index is 1.96. The maximum Gasteiger partial charge on any atom is 0.307 e. The lowest BCUT2D eigenvalue weighted by atomic mass is 10.1. The Labute approximate surface area is 112 Å². The number of benzene rings is 1. The molecule has 0 spiro atoms. The van der Waals surface area contributed by atoms with E-state index < -0.39 is 5.97 Å². The van der Waals surface area contributed by atoms with Crippen molar-refractivity contribution in [2.45, 2.75) is 19.9 Å². The quantitative estimate of drug-likeness (QED) is 0.835. The van der Waals surface area contributed by atoms with Gasteiger partial charge in [-0.3, -0.25) is 9.78 Å². The summed E-state index contributed by atoms with van der Waals surface area (Å²) in [5.41, 5.74) is 1.14. The molecule has 1 atom stereocenters. The second kappa shape index (κ2) is 6.29. The Morgan fingerprint density at radius 2 is 2.21 bits per heavy atom. The molecule has 0 bridgehead atoms. The summed E-state index contributed by atoms with van der Waals surface area (Å²) in [6, 6.07) is 8.17. The van der Waals surface area contributed by atoms with Crippen LogP contribution < -0.4 is 5.32 Å². The normalized spacial score (nSPS) is 12.5. The summed E-state index contributed by atoms with van der Waals surface area (Å²) in [7, 11) is 0. The number of nitrogens with one attached hydrogen (secondary N) is 1. The molecule has 19 heavy (non-hydrogen) atoms. The standard InChI is InChI=1S/C15H18N2O2/c1-2-12(15(18)19)9-17-8-11-3-4-13-5-6-16-10-14(13)7-11/h3-7,10,12,17H,2,8-9H2,1H3,(H,18,19). The minimum absolute atomic E-state index is 0.317. The van der Waals surface area contributed by atoms with E-state index in [4.69, 9.17) is 5.11 Å². The second-order valence-corrected chi connectivity index (χ2v) is 4.63. The Hall–Kier alpha value is -1.94. The summed E-state index contributed by atoms with van der Waals surface area (Å²) in [6.07, 6.45) is 4.26. The first-order valence-corrected chi connectivity index (χ1v) is 6.47. The summed E-state index contributed by atoms with van der Waals surface area (Å²) in [5, 5.41) is 14.4. The van der Waals surface area contributed by atoms with Gasteiger partial charge < -0.3 is 10.4 Å². The number of fused-ring (bicyclic) bond motifs is 1.